The van der Waals surface area contributed by atoms with Crippen LogP contribution in [0, 0.1) is 19.7 Å². The molecule has 0 spiro atoms. The number of aromatic nitrogens is 2. The lowest BCUT2D eigenvalue weighted by Crippen LogP contribution is -2.40. The smallest absolute Gasteiger partial charge is 0.246 e. The maximum atomic E-state index is 13.3. The van der Waals surface area contributed by atoms with Gasteiger partial charge in [0.05, 0.1) is 23.4 Å². The van der Waals surface area contributed by atoms with E-state index in [1.165, 1.54) is 24.8 Å². The number of hydrogen-bond acceptors (Lipinski definition) is 4. The van der Waals surface area contributed by atoms with E-state index in [1.54, 1.807) is 23.0 Å². The third-order valence-corrected chi connectivity index (χ3v) is 5.85. The first kappa shape index (κ1) is 25.9. The Morgan fingerprint density at radius 2 is 1.80 bits per heavy atom. The summed E-state index contributed by atoms with van der Waals surface area (Å²) in [6.45, 7) is 6.02. The lowest BCUT2D eigenvalue weighted by Gasteiger charge is -2.27. The predicted octanol–water partition coefficient (Wildman–Crippen LogP) is 5.69. The molecule has 1 N–H and O–H groups in total. The number of carbonyl (C=O) groups excluding carboxylic acids is 1. The van der Waals surface area contributed by atoms with E-state index in [0.717, 1.165) is 27.7 Å². The van der Waals surface area contributed by atoms with Gasteiger partial charge in [-0.1, -0.05) is 25.6 Å². The Balaban J connectivity index is 0.00000342. The quantitative estimate of drug-likeness (QED) is 0.354. The number of nitrogens with zero attached hydrogens (tertiary/aromatic N) is 2. The zero-order valence-electron chi connectivity index (χ0n) is 19.7. The fraction of sp³-hybridized carbons (Fsp3) is 0.286. The van der Waals surface area contributed by atoms with Gasteiger partial charge in [-0.2, -0.15) is 5.10 Å². The van der Waals surface area contributed by atoms with Crippen molar-refractivity contribution < 1.29 is 18.7 Å². The van der Waals surface area contributed by atoms with Crippen LogP contribution >= 0.6 is 0 Å². The van der Waals surface area contributed by atoms with Crippen molar-refractivity contribution >= 4 is 16.8 Å². The van der Waals surface area contributed by atoms with Crippen LogP contribution in [0.1, 0.15) is 37.1 Å². The Hall–Kier alpha value is -3.71. The Morgan fingerprint density at radius 1 is 1.06 bits per heavy atom. The summed E-state index contributed by atoms with van der Waals surface area (Å²) in [5.41, 5.74) is 4.96. The fourth-order valence-electron chi connectivity index (χ4n) is 3.92. The fourth-order valence-corrected chi connectivity index (χ4v) is 3.92. The summed E-state index contributed by atoms with van der Waals surface area (Å²) in [6, 6.07) is 17.8. The summed E-state index contributed by atoms with van der Waals surface area (Å²) in [4.78, 5) is 12.2. The van der Waals surface area contributed by atoms with E-state index in [1.807, 2.05) is 31.2 Å². The van der Waals surface area contributed by atoms with Gasteiger partial charge in [-0.05, 0) is 79.9 Å². The van der Waals surface area contributed by atoms with E-state index >= 15 is 0 Å². The number of benzene rings is 3. The molecule has 0 bridgehead atoms. The Labute approximate surface area is 205 Å². The minimum Gasteiger partial charge on any atom is -0.484 e. The van der Waals surface area contributed by atoms with Gasteiger partial charge in [-0.15, -0.1) is 0 Å². The molecule has 1 heterocycles. The zero-order chi connectivity index (χ0) is 24.2. The first-order chi connectivity index (χ1) is 16.4. The van der Waals surface area contributed by atoms with Gasteiger partial charge in [0.1, 0.15) is 24.3 Å². The van der Waals surface area contributed by atoms with Crippen LogP contribution in [0.3, 0.4) is 0 Å². The molecule has 0 radical (unpaired) electrons. The number of halogens is 1. The molecule has 0 aliphatic carbocycles. The topological polar surface area (TPSA) is 65.4 Å². The van der Waals surface area contributed by atoms with Crippen LogP contribution in [-0.4, -0.2) is 35.4 Å². The van der Waals surface area contributed by atoms with Gasteiger partial charge in [0.2, 0.25) is 5.91 Å². The van der Waals surface area contributed by atoms with Crippen LogP contribution < -0.4 is 10.1 Å². The summed E-state index contributed by atoms with van der Waals surface area (Å²) >= 11 is 0. The highest BCUT2D eigenvalue weighted by Crippen LogP contribution is 2.30. The normalized spacial score (nSPS) is 12.6. The Kier molecular flexibility index (Phi) is 8.25. The first-order valence-corrected chi connectivity index (χ1v) is 11.1. The van der Waals surface area contributed by atoms with Gasteiger partial charge in [-0.25, -0.2) is 9.07 Å². The molecular weight excluding hydrogens is 445 g/mol. The molecule has 4 rings (SSSR count). The molecule has 0 aliphatic heterocycles. The summed E-state index contributed by atoms with van der Waals surface area (Å²) in [5, 5.41) is 8.31. The predicted molar refractivity (Wildman–Crippen MR) is 137 cm³/mol. The van der Waals surface area contributed by atoms with Crippen molar-refractivity contribution in [2.24, 2.45) is 0 Å². The van der Waals surface area contributed by atoms with Crippen LogP contribution in [0.2, 0.25) is 0 Å². The molecule has 0 aliphatic rings. The summed E-state index contributed by atoms with van der Waals surface area (Å²) in [5.74, 6) is 0.158. The third kappa shape index (κ3) is 5.87. The summed E-state index contributed by atoms with van der Waals surface area (Å²) < 4.78 is 26.5. The van der Waals surface area contributed by atoms with Gasteiger partial charge in [0, 0.05) is 12.5 Å². The molecule has 7 heteroatoms. The second kappa shape index (κ2) is 11.1. The van der Waals surface area contributed by atoms with Crippen LogP contribution in [0.15, 0.2) is 66.9 Å². The molecular formula is C28H32FN3O3. The maximum Gasteiger partial charge on any atom is 0.246 e. The molecule has 2 atom stereocenters. The lowest BCUT2D eigenvalue weighted by atomic mass is 9.98. The average Bonchev–Trinajstić information content (AvgIpc) is 3.23. The first-order valence-electron chi connectivity index (χ1n) is 11.1. The van der Waals surface area contributed by atoms with E-state index in [-0.39, 0.29) is 31.8 Å². The van der Waals surface area contributed by atoms with E-state index in [9.17, 15) is 9.18 Å². The molecule has 0 saturated heterocycles. The molecule has 0 saturated carbocycles. The minimum absolute atomic E-state index is 0. The van der Waals surface area contributed by atoms with Crippen LogP contribution in [0.25, 0.3) is 16.6 Å². The largest absolute Gasteiger partial charge is 0.484 e. The number of rotatable bonds is 8. The molecule has 0 unspecified atom stereocenters. The average molecular weight is 478 g/mol. The number of hydrogen-bond donors (Lipinski definition) is 1. The SMILES string of the molecule is C.COCC(=O)N[C@@H](C)[C@H](Oc1ccc2c(cnn2-c2ccc(F)cc2)c1)c1ccc(C)c(C)c1. The van der Waals surface area contributed by atoms with Gasteiger partial charge in [-0.3, -0.25) is 4.79 Å². The standard InChI is InChI=1S/C27H28FN3O3.CH4/c1-17-5-6-20(13-18(17)2)27(19(3)30-26(32)16-33-4)34-24-11-12-25-21(14-24)15-29-31(25)23-9-7-22(28)8-10-23;/h5-15,19,27H,16H2,1-4H3,(H,30,32);1H4/t19-,27-;/m0./s1. The lowest BCUT2D eigenvalue weighted by molar-refractivity contribution is -0.126. The van der Waals surface area contributed by atoms with Gasteiger partial charge < -0.3 is 14.8 Å². The minimum atomic E-state index is -0.412. The highest BCUT2D eigenvalue weighted by molar-refractivity contribution is 5.82. The van der Waals surface area contributed by atoms with Crippen molar-refractivity contribution in [3.63, 3.8) is 0 Å². The highest BCUT2D eigenvalue weighted by atomic mass is 19.1. The second-order valence-corrected chi connectivity index (χ2v) is 8.42. The maximum absolute atomic E-state index is 13.3. The molecule has 6 nitrogen and oxygen atoms in total. The summed E-state index contributed by atoms with van der Waals surface area (Å²) in [7, 11) is 1.49. The van der Waals surface area contributed by atoms with Crippen molar-refractivity contribution in [3.05, 3.63) is 89.4 Å². The Morgan fingerprint density at radius 3 is 2.49 bits per heavy atom. The van der Waals surface area contributed by atoms with E-state index in [0.29, 0.717) is 5.75 Å². The monoisotopic (exact) mass is 477 g/mol. The molecule has 35 heavy (non-hydrogen) atoms. The molecule has 184 valence electrons. The van der Waals surface area contributed by atoms with Crippen molar-refractivity contribution in [3.8, 4) is 11.4 Å². The van der Waals surface area contributed by atoms with E-state index < -0.39 is 6.10 Å². The van der Waals surface area contributed by atoms with Gasteiger partial charge >= 0.3 is 0 Å². The van der Waals surface area contributed by atoms with E-state index in [4.69, 9.17) is 9.47 Å². The van der Waals surface area contributed by atoms with Crippen LogP contribution in [-0.2, 0) is 9.53 Å². The molecule has 0 fully saturated rings. The van der Waals surface area contributed by atoms with Gasteiger partial charge in [0.15, 0.2) is 0 Å². The number of aryl methyl sites for hydroxylation is 2. The van der Waals surface area contributed by atoms with Crippen LogP contribution in [0.5, 0.6) is 5.75 Å². The van der Waals surface area contributed by atoms with Crippen molar-refractivity contribution in [2.75, 3.05) is 13.7 Å². The number of carbonyl (C=O) groups is 1. The van der Waals surface area contributed by atoms with Crippen molar-refractivity contribution in [1.29, 1.82) is 0 Å². The molecule has 1 amide bonds. The number of amides is 1. The molecule has 1 aromatic heterocycles. The second-order valence-electron chi connectivity index (χ2n) is 8.42. The summed E-state index contributed by atoms with van der Waals surface area (Å²) in [6.07, 6.45) is 1.34. The third-order valence-electron chi connectivity index (χ3n) is 5.85. The van der Waals surface area contributed by atoms with Crippen LogP contribution in [0.4, 0.5) is 4.39 Å². The molecule has 3 aromatic carbocycles. The van der Waals surface area contributed by atoms with Crippen molar-refractivity contribution in [2.45, 2.75) is 40.3 Å². The number of methoxy groups -OCH3 is 1. The van der Waals surface area contributed by atoms with Gasteiger partial charge in [0.25, 0.3) is 0 Å². The highest BCUT2D eigenvalue weighted by Gasteiger charge is 2.24. The zero-order valence-corrected chi connectivity index (χ0v) is 19.7. The number of nitrogens with one attached hydrogen (secondary N) is 1. The Bertz CT molecular complexity index is 1300. The molecule has 4 aromatic rings. The number of fused-ring (bicyclic) bond motifs is 1. The van der Waals surface area contributed by atoms with E-state index in [2.05, 4.69) is 36.4 Å². The van der Waals surface area contributed by atoms with Crippen molar-refractivity contribution in [1.82, 2.24) is 15.1 Å². The number of ether oxygens (including phenoxy) is 2.